The third-order valence-corrected chi connectivity index (χ3v) is 2.64. The van der Waals surface area contributed by atoms with E-state index in [1.54, 1.807) is 0 Å². The molecule has 0 aromatic carbocycles. The Morgan fingerprint density at radius 2 is 1.19 bits per heavy atom. The Balaban J connectivity index is 3.19. The molecule has 0 aliphatic carbocycles. The van der Waals surface area contributed by atoms with Crippen molar-refractivity contribution in [1.82, 2.24) is 0 Å². The molecule has 0 bridgehead atoms. The van der Waals surface area contributed by atoms with Gasteiger partial charge in [-0.05, 0) is 38.5 Å². The molecule has 0 saturated carbocycles. The second-order valence-electron chi connectivity index (χ2n) is 4.19. The molecule has 0 amide bonds. The van der Waals surface area contributed by atoms with Crippen LogP contribution in [0.15, 0.2) is 12.2 Å². The summed E-state index contributed by atoms with van der Waals surface area (Å²) in [5.74, 6) is 0. The van der Waals surface area contributed by atoms with Crippen LogP contribution in [0.2, 0.25) is 0 Å². The van der Waals surface area contributed by atoms with Gasteiger partial charge in [-0.15, -0.1) is 0 Å². The molecule has 2 heteroatoms. The van der Waals surface area contributed by atoms with Crippen molar-refractivity contribution in [3.8, 4) is 12.1 Å². The number of nitriles is 2. The zero-order chi connectivity index (χ0) is 12.1. The SMILES string of the molecule is C=C(CCCCCC#N)CCCCCC#N. The van der Waals surface area contributed by atoms with E-state index < -0.39 is 0 Å². The summed E-state index contributed by atoms with van der Waals surface area (Å²) in [5, 5.41) is 16.7. The number of nitrogens with zero attached hydrogens (tertiary/aromatic N) is 2. The van der Waals surface area contributed by atoms with Gasteiger partial charge in [0.05, 0.1) is 12.1 Å². The minimum absolute atomic E-state index is 0.681. The molecule has 0 rings (SSSR count). The first-order chi connectivity index (χ1) is 7.81. The molecule has 0 aromatic heterocycles. The van der Waals surface area contributed by atoms with Gasteiger partial charge in [0.15, 0.2) is 0 Å². The molecule has 0 N–H and O–H groups in total. The van der Waals surface area contributed by atoms with Crippen LogP contribution in [0.25, 0.3) is 0 Å². The summed E-state index contributed by atoms with van der Waals surface area (Å²) >= 11 is 0. The monoisotopic (exact) mass is 218 g/mol. The summed E-state index contributed by atoms with van der Waals surface area (Å²) in [6, 6.07) is 4.32. The van der Waals surface area contributed by atoms with Gasteiger partial charge < -0.3 is 0 Å². The molecule has 0 atom stereocenters. The number of hydrogen-bond acceptors (Lipinski definition) is 2. The summed E-state index contributed by atoms with van der Waals surface area (Å²) in [5.41, 5.74) is 1.33. The first-order valence-electron chi connectivity index (χ1n) is 6.21. The van der Waals surface area contributed by atoms with E-state index in [4.69, 9.17) is 10.5 Å². The van der Waals surface area contributed by atoms with Crippen molar-refractivity contribution in [3.05, 3.63) is 12.2 Å². The van der Waals surface area contributed by atoms with E-state index >= 15 is 0 Å². The van der Waals surface area contributed by atoms with Gasteiger partial charge in [0.25, 0.3) is 0 Å². The molecule has 0 aliphatic rings. The Bertz CT molecular complexity index is 229. The predicted octanol–water partition coefficient (Wildman–Crippen LogP) is 4.49. The number of unbranched alkanes of at least 4 members (excludes halogenated alkanes) is 6. The molecule has 0 spiro atoms. The minimum Gasteiger partial charge on any atom is -0.198 e. The normalized spacial score (nSPS) is 9.38. The highest BCUT2D eigenvalue weighted by Gasteiger charge is 1.96. The van der Waals surface area contributed by atoms with Crippen LogP contribution in [0.3, 0.4) is 0 Å². The first kappa shape index (κ1) is 14.7. The standard InChI is InChI=1S/C14H22N2/c1-14(10-6-2-4-8-12-15)11-7-3-5-9-13-16/h1-11H2. The van der Waals surface area contributed by atoms with Gasteiger partial charge >= 0.3 is 0 Å². The number of allylic oxidation sites excluding steroid dienone is 1. The van der Waals surface area contributed by atoms with Crippen LogP contribution < -0.4 is 0 Å². The fraction of sp³-hybridized carbons (Fsp3) is 0.714. The molecule has 0 aliphatic heterocycles. The lowest BCUT2D eigenvalue weighted by Crippen LogP contribution is -1.85. The van der Waals surface area contributed by atoms with Gasteiger partial charge in [-0.3, -0.25) is 0 Å². The predicted molar refractivity (Wildman–Crippen MR) is 66.5 cm³/mol. The van der Waals surface area contributed by atoms with Crippen molar-refractivity contribution in [2.75, 3.05) is 0 Å². The van der Waals surface area contributed by atoms with Gasteiger partial charge in [0, 0.05) is 12.8 Å². The van der Waals surface area contributed by atoms with Gasteiger partial charge in [-0.2, -0.15) is 10.5 Å². The third kappa shape index (κ3) is 10.8. The average molecular weight is 218 g/mol. The van der Waals surface area contributed by atoms with Crippen molar-refractivity contribution in [3.63, 3.8) is 0 Å². The Morgan fingerprint density at radius 3 is 1.56 bits per heavy atom. The van der Waals surface area contributed by atoms with Crippen LogP contribution in [-0.4, -0.2) is 0 Å². The van der Waals surface area contributed by atoms with Gasteiger partial charge in [0.2, 0.25) is 0 Å². The molecule has 0 radical (unpaired) electrons. The van der Waals surface area contributed by atoms with E-state index in [1.807, 2.05) is 0 Å². The summed E-state index contributed by atoms with van der Waals surface area (Å²) in [7, 11) is 0. The van der Waals surface area contributed by atoms with Crippen molar-refractivity contribution in [2.24, 2.45) is 0 Å². The maximum absolute atomic E-state index is 8.37. The van der Waals surface area contributed by atoms with E-state index in [2.05, 4.69) is 18.7 Å². The molecule has 2 nitrogen and oxygen atoms in total. The fourth-order valence-electron chi connectivity index (χ4n) is 1.64. The van der Waals surface area contributed by atoms with Crippen LogP contribution in [0.1, 0.15) is 64.2 Å². The van der Waals surface area contributed by atoms with Crippen LogP contribution >= 0.6 is 0 Å². The van der Waals surface area contributed by atoms with Crippen molar-refractivity contribution < 1.29 is 0 Å². The lowest BCUT2D eigenvalue weighted by Gasteiger charge is -2.04. The van der Waals surface area contributed by atoms with Crippen LogP contribution in [0.4, 0.5) is 0 Å². The summed E-state index contributed by atoms with van der Waals surface area (Å²) in [6.07, 6.45) is 10.2. The van der Waals surface area contributed by atoms with E-state index in [9.17, 15) is 0 Å². The smallest absolute Gasteiger partial charge is 0.0621 e. The Hall–Kier alpha value is -1.28. The van der Waals surface area contributed by atoms with E-state index in [1.165, 1.54) is 18.4 Å². The van der Waals surface area contributed by atoms with E-state index in [0.29, 0.717) is 12.8 Å². The van der Waals surface area contributed by atoms with Gasteiger partial charge in [-0.1, -0.05) is 25.0 Å². The maximum atomic E-state index is 8.37. The zero-order valence-corrected chi connectivity index (χ0v) is 10.2. The molecule has 0 heterocycles. The molecular weight excluding hydrogens is 196 g/mol. The van der Waals surface area contributed by atoms with Crippen molar-refractivity contribution >= 4 is 0 Å². The fourth-order valence-corrected chi connectivity index (χ4v) is 1.64. The zero-order valence-electron chi connectivity index (χ0n) is 10.2. The lowest BCUT2D eigenvalue weighted by atomic mass is 10.0. The van der Waals surface area contributed by atoms with Crippen LogP contribution in [-0.2, 0) is 0 Å². The molecule has 0 aromatic rings. The highest BCUT2D eigenvalue weighted by atomic mass is 14.2. The first-order valence-corrected chi connectivity index (χ1v) is 6.21. The third-order valence-electron chi connectivity index (χ3n) is 2.64. The van der Waals surface area contributed by atoms with Crippen molar-refractivity contribution in [1.29, 1.82) is 10.5 Å². The average Bonchev–Trinajstić information content (AvgIpc) is 2.28. The Kier molecular flexibility index (Phi) is 10.8. The molecule has 0 unspecified atom stereocenters. The highest BCUT2D eigenvalue weighted by Crippen LogP contribution is 2.15. The highest BCUT2D eigenvalue weighted by molar-refractivity contribution is 4.93. The second-order valence-corrected chi connectivity index (χ2v) is 4.19. The Morgan fingerprint density at radius 1 is 0.750 bits per heavy atom. The summed E-state index contributed by atoms with van der Waals surface area (Å²) in [6.45, 7) is 4.06. The molecular formula is C14H22N2. The minimum atomic E-state index is 0.681. The number of hydrogen-bond donors (Lipinski definition) is 0. The van der Waals surface area contributed by atoms with Crippen LogP contribution in [0, 0.1) is 22.7 Å². The number of rotatable bonds is 10. The largest absolute Gasteiger partial charge is 0.198 e. The summed E-state index contributed by atoms with van der Waals surface area (Å²) < 4.78 is 0. The topological polar surface area (TPSA) is 47.6 Å². The summed E-state index contributed by atoms with van der Waals surface area (Å²) in [4.78, 5) is 0. The maximum Gasteiger partial charge on any atom is 0.0621 e. The molecule has 16 heavy (non-hydrogen) atoms. The lowest BCUT2D eigenvalue weighted by molar-refractivity contribution is 0.642. The quantitative estimate of drug-likeness (QED) is 0.400. The van der Waals surface area contributed by atoms with Gasteiger partial charge in [0.1, 0.15) is 0 Å². The molecule has 0 fully saturated rings. The molecule has 0 saturated heterocycles. The Labute approximate surface area is 99.6 Å². The van der Waals surface area contributed by atoms with Crippen LogP contribution in [0.5, 0.6) is 0 Å². The van der Waals surface area contributed by atoms with Crippen molar-refractivity contribution in [2.45, 2.75) is 64.2 Å². The second kappa shape index (κ2) is 11.8. The van der Waals surface area contributed by atoms with Gasteiger partial charge in [-0.25, -0.2) is 0 Å². The van der Waals surface area contributed by atoms with E-state index in [-0.39, 0.29) is 0 Å². The van der Waals surface area contributed by atoms with E-state index in [0.717, 1.165) is 38.5 Å². The molecule has 88 valence electrons.